The Morgan fingerprint density at radius 1 is 0.769 bits per heavy atom. The molecule has 26 heavy (non-hydrogen) atoms. The van der Waals surface area contributed by atoms with Gasteiger partial charge in [0.25, 0.3) is 0 Å². The highest BCUT2D eigenvalue weighted by Crippen LogP contribution is 2.26. The zero-order chi connectivity index (χ0) is 18.0. The monoisotopic (exact) mass is 362 g/mol. The van der Waals surface area contributed by atoms with Crippen LogP contribution in [0.25, 0.3) is 16.9 Å². The number of sulfone groups is 1. The predicted octanol–water partition coefficient (Wildman–Crippen LogP) is 4.12. The van der Waals surface area contributed by atoms with Crippen molar-refractivity contribution in [3.63, 3.8) is 0 Å². The zero-order valence-electron chi connectivity index (χ0n) is 14.1. The van der Waals surface area contributed by atoms with Crippen LogP contribution < -0.4 is 0 Å². The molecule has 0 unspecified atom stereocenters. The minimum absolute atomic E-state index is 0.0160. The minimum atomic E-state index is -3.34. The van der Waals surface area contributed by atoms with E-state index >= 15 is 0 Å². The van der Waals surface area contributed by atoms with Crippen LogP contribution in [0.15, 0.2) is 85.1 Å². The summed E-state index contributed by atoms with van der Waals surface area (Å²) < 4.78 is 27.6. The summed E-state index contributed by atoms with van der Waals surface area (Å²) in [5, 5.41) is 0. The minimum Gasteiger partial charge on any atom is -0.302 e. The van der Waals surface area contributed by atoms with Crippen LogP contribution >= 0.6 is 0 Å². The molecule has 2 aromatic carbocycles. The van der Waals surface area contributed by atoms with Crippen molar-refractivity contribution in [2.45, 2.75) is 11.5 Å². The van der Waals surface area contributed by atoms with Gasteiger partial charge >= 0.3 is 0 Å². The topological polar surface area (TPSA) is 51.4 Å². The van der Waals surface area contributed by atoms with Crippen LogP contribution in [-0.4, -0.2) is 17.8 Å². The number of benzene rings is 2. The van der Waals surface area contributed by atoms with Gasteiger partial charge in [-0.3, -0.25) is 0 Å². The first-order valence-corrected chi connectivity index (χ1v) is 10.2. The summed E-state index contributed by atoms with van der Waals surface area (Å²) in [5.41, 5.74) is 3.87. The largest absolute Gasteiger partial charge is 0.302 e. The predicted molar refractivity (Wildman–Crippen MR) is 103 cm³/mol. The second-order valence-electron chi connectivity index (χ2n) is 6.22. The van der Waals surface area contributed by atoms with Gasteiger partial charge in [-0.25, -0.2) is 13.4 Å². The molecule has 0 saturated heterocycles. The Morgan fingerprint density at radius 3 is 2.15 bits per heavy atom. The number of fused-ring (bicyclic) bond motifs is 1. The Labute approximate surface area is 152 Å². The van der Waals surface area contributed by atoms with Crippen molar-refractivity contribution in [3.05, 3.63) is 96.3 Å². The molecule has 0 spiro atoms. The molecule has 130 valence electrons. The summed E-state index contributed by atoms with van der Waals surface area (Å²) in [7, 11) is -3.34. The quantitative estimate of drug-likeness (QED) is 0.537. The van der Waals surface area contributed by atoms with Gasteiger partial charge in [0, 0.05) is 11.8 Å². The molecule has 0 bridgehead atoms. The first-order chi connectivity index (χ1) is 12.6. The molecule has 0 atom stereocenters. The molecular formula is C21H18N2O2S. The summed E-state index contributed by atoms with van der Waals surface area (Å²) in [6, 6.07) is 24.7. The maximum Gasteiger partial charge on any atom is 0.160 e. The van der Waals surface area contributed by atoms with Crippen LogP contribution in [0.3, 0.4) is 0 Å². The maximum absolute atomic E-state index is 12.9. The van der Waals surface area contributed by atoms with Crippen LogP contribution in [0.1, 0.15) is 11.3 Å². The SMILES string of the molecule is O=S(=O)(Cc1ccccc1)Cc1c(-c2ccccc2)nc2ccccn12. The lowest BCUT2D eigenvalue weighted by atomic mass is 10.1. The van der Waals surface area contributed by atoms with Gasteiger partial charge in [-0.15, -0.1) is 0 Å². The van der Waals surface area contributed by atoms with Crippen molar-refractivity contribution >= 4 is 15.5 Å². The van der Waals surface area contributed by atoms with Gasteiger partial charge in [0.2, 0.25) is 0 Å². The van der Waals surface area contributed by atoms with Crippen LogP contribution in [0.2, 0.25) is 0 Å². The first-order valence-electron chi connectivity index (χ1n) is 8.38. The van der Waals surface area contributed by atoms with Gasteiger partial charge in [0.15, 0.2) is 9.84 Å². The number of hydrogen-bond donors (Lipinski definition) is 0. The number of hydrogen-bond acceptors (Lipinski definition) is 3. The summed E-state index contributed by atoms with van der Waals surface area (Å²) in [4.78, 5) is 4.67. The molecule has 0 aliphatic heterocycles. The van der Waals surface area contributed by atoms with Gasteiger partial charge in [-0.1, -0.05) is 66.7 Å². The van der Waals surface area contributed by atoms with Crippen molar-refractivity contribution in [1.82, 2.24) is 9.38 Å². The number of imidazole rings is 1. The van der Waals surface area contributed by atoms with Crippen molar-refractivity contribution in [2.24, 2.45) is 0 Å². The molecule has 2 aromatic heterocycles. The van der Waals surface area contributed by atoms with Crippen molar-refractivity contribution in [2.75, 3.05) is 0 Å². The Balaban J connectivity index is 1.78. The normalized spacial score (nSPS) is 11.7. The number of nitrogens with zero attached hydrogens (tertiary/aromatic N) is 2. The summed E-state index contributed by atoms with van der Waals surface area (Å²) in [5.74, 6) is -0.0422. The van der Waals surface area contributed by atoms with Crippen molar-refractivity contribution in [3.8, 4) is 11.3 Å². The highest BCUT2D eigenvalue weighted by Gasteiger charge is 2.21. The fourth-order valence-corrected chi connectivity index (χ4v) is 4.59. The fraction of sp³-hybridized carbons (Fsp3) is 0.0952. The van der Waals surface area contributed by atoms with E-state index in [9.17, 15) is 8.42 Å². The molecule has 0 amide bonds. The summed E-state index contributed by atoms with van der Waals surface area (Å²) in [6.07, 6.45) is 1.86. The van der Waals surface area contributed by atoms with Gasteiger partial charge in [-0.2, -0.15) is 0 Å². The van der Waals surface area contributed by atoms with E-state index in [0.717, 1.165) is 16.8 Å². The van der Waals surface area contributed by atoms with E-state index in [2.05, 4.69) is 4.98 Å². The fourth-order valence-electron chi connectivity index (χ4n) is 3.10. The Hall–Kier alpha value is -2.92. The lowest BCUT2D eigenvalue weighted by molar-refractivity contribution is 0.593. The molecule has 0 fully saturated rings. The molecule has 0 saturated carbocycles. The van der Waals surface area contributed by atoms with Gasteiger partial charge in [0.1, 0.15) is 5.65 Å². The van der Waals surface area contributed by atoms with Crippen molar-refractivity contribution in [1.29, 1.82) is 0 Å². The molecule has 2 heterocycles. The van der Waals surface area contributed by atoms with Crippen LogP contribution in [0.4, 0.5) is 0 Å². The molecular weight excluding hydrogens is 344 g/mol. The number of rotatable bonds is 5. The first kappa shape index (κ1) is 16.5. The van der Waals surface area contributed by atoms with Gasteiger partial charge < -0.3 is 4.40 Å². The van der Waals surface area contributed by atoms with E-state index in [-0.39, 0.29) is 11.5 Å². The molecule has 0 N–H and O–H groups in total. The van der Waals surface area contributed by atoms with Gasteiger partial charge in [-0.05, 0) is 17.7 Å². The van der Waals surface area contributed by atoms with Crippen LogP contribution in [-0.2, 0) is 21.3 Å². The molecule has 4 aromatic rings. The second kappa shape index (κ2) is 6.77. The highest BCUT2D eigenvalue weighted by atomic mass is 32.2. The summed E-state index contributed by atoms with van der Waals surface area (Å²) in [6.45, 7) is 0. The number of aromatic nitrogens is 2. The average molecular weight is 362 g/mol. The lowest BCUT2D eigenvalue weighted by Crippen LogP contribution is -2.10. The third-order valence-corrected chi connectivity index (χ3v) is 5.75. The zero-order valence-corrected chi connectivity index (χ0v) is 14.9. The highest BCUT2D eigenvalue weighted by molar-refractivity contribution is 7.89. The van der Waals surface area contributed by atoms with E-state index in [4.69, 9.17) is 0 Å². The van der Waals surface area contributed by atoms with E-state index in [1.807, 2.05) is 89.5 Å². The van der Waals surface area contributed by atoms with E-state index < -0.39 is 9.84 Å². The maximum atomic E-state index is 12.9. The van der Waals surface area contributed by atoms with Gasteiger partial charge in [0.05, 0.1) is 22.9 Å². The van der Waals surface area contributed by atoms with Crippen LogP contribution in [0.5, 0.6) is 0 Å². The molecule has 0 aliphatic carbocycles. The van der Waals surface area contributed by atoms with E-state index in [0.29, 0.717) is 11.4 Å². The number of pyridine rings is 1. The average Bonchev–Trinajstić information content (AvgIpc) is 3.01. The Morgan fingerprint density at radius 2 is 1.42 bits per heavy atom. The Bertz CT molecular complexity index is 1130. The lowest BCUT2D eigenvalue weighted by Gasteiger charge is -2.07. The molecule has 0 radical (unpaired) electrons. The third-order valence-electron chi connectivity index (χ3n) is 4.26. The third kappa shape index (κ3) is 3.39. The molecule has 5 heteroatoms. The standard InChI is InChI=1S/C21H18N2O2S/c24-26(25,15-17-9-3-1-4-10-17)16-19-21(18-11-5-2-6-12-18)22-20-13-7-8-14-23(19)20/h1-14H,15-16H2. The van der Waals surface area contributed by atoms with Crippen LogP contribution in [0, 0.1) is 0 Å². The molecule has 4 nitrogen and oxygen atoms in total. The Kier molecular flexibility index (Phi) is 4.31. The van der Waals surface area contributed by atoms with Crippen molar-refractivity contribution < 1.29 is 8.42 Å². The smallest absolute Gasteiger partial charge is 0.160 e. The second-order valence-corrected chi connectivity index (χ2v) is 8.28. The molecule has 4 rings (SSSR count). The van der Waals surface area contributed by atoms with E-state index in [1.54, 1.807) is 0 Å². The molecule has 0 aliphatic rings. The van der Waals surface area contributed by atoms with E-state index in [1.165, 1.54) is 0 Å². The summed E-state index contributed by atoms with van der Waals surface area (Å²) >= 11 is 0.